The predicted octanol–water partition coefficient (Wildman–Crippen LogP) is 3.79. The molecule has 0 bridgehead atoms. The fourth-order valence-electron chi connectivity index (χ4n) is 3.04. The van der Waals surface area contributed by atoms with Crippen LogP contribution in [-0.4, -0.2) is 11.7 Å². The highest BCUT2D eigenvalue weighted by Gasteiger charge is 2.22. The van der Waals surface area contributed by atoms with E-state index >= 15 is 0 Å². The average Bonchev–Trinajstić information content (AvgIpc) is 2.31. The van der Waals surface area contributed by atoms with Crippen LogP contribution in [0.15, 0.2) is 18.2 Å². The molecule has 94 valence electrons. The summed E-state index contributed by atoms with van der Waals surface area (Å²) in [4.78, 5) is 0. The Kier molecular flexibility index (Phi) is 4.16. The second-order valence-corrected chi connectivity index (χ2v) is 5.23. The molecule has 1 saturated carbocycles. The quantitative estimate of drug-likeness (QED) is 0.846. The molecule has 0 aliphatic heterocycles. The summed E-state index contributed by atoms with van der Waals surface area (Å²) in [7, 11) is 0. The van der Waals surface area contributed by atoms with Crippen molar-refractivity contribution in [2.75, 3.05) is 6.61 Å². The Morgan fingerprint density at radius 2 is 1.94 bits per heavy atom. The number of benzene rings is 1. The van der Waals surface area contributed by atoms with Crippen molar-refractivity contribution < 1.29 is 9.50 Å². The molecule has 0 atom stereocenters. The van der Waals surface area contributed by atoms with Crippen molar-refractivity contribution in [2.24, 2.45) is 5.92 Å². The lowest BCUT2D eigenvalue weighted by atomic mass is 9.77. The minimum atomic E-state index is -0.139. The van der Waals surface area contributed by atoms with Gasteiger partial charge in [-0.2, -0.15) is 0 Å². The molecule has 1 N–H and O–H groups in total. The van der Waals surface area contributed by atoms with E-state index in [0.717, 1.165) is 12.0 Å². The van der Waals surface area contributed by atoms with Gasteiger partial charge >= 0.3 is 0 Å². The summed E-state index contributed by atoms with van der Waals surface area (Å²) in [6.45, 7) is 2.31. The minimum Gasteiger partial charge on any atom is -0.396 e. The molecule has 0 radical (unpaired) electrons. The second kappa shape index (κ2) is 5.63. The molecule has 0 aromatic heterocycles. The molecule has 1 aromatic carbocycles. The summed E-state index contributed by atoms with van der Waals surface area (Å²) in [6.07, 6.45) is 5.69. The highest BCUT2D eigenvalue weighted by Crippen LogP contribution is 2.38. The Morgan fingerprint density at radius 3 is 2.53 bits per heavy atom. The van der Waals surface area contributed by atoms with E-state index in [0.29, 0.717) is 18.4 Å². The number of hydrogen-bond donors (Lipinski definition) is 1. The maximum atomic E-state index is 13.0. The van der Waals surface area contributed by atoms with Gasteiger partial charge in [0, 0.05) is 6.61 Å². The molecule has 1 nitrogen and oxygen atoms in total. The third kappa shape index (κ3) is 3.06. The highest BCUT2D eigenvalue weighted by atomic mass is 19.1. The first-order chi connectivity index (χ1) is 8.20. The fraction of sp³-hybridized carbons (Fsp3) is 0.600. The van der Waals surface area contributed by atoms with E-state index in [1.165, 1.54) is 31.2 Å². The Balaban J connectivity index is 2.00. The van der Waals surface area contributed by atoms with Crippen LogP contribution >= 0.6 is 0 Å². The lowest BCUT2D eigenvalue weighted by Gasteiger charge is -2.29. The molecule has 17 heavy (non-hydrogen) atoms. The van der Waals surface area contributed by atoms with Crippen LogP contribution in [0.4, 0.5) is 4.39 Å². The summed E-state index contributed by atoms with van der Waals surface area (Å²) < 4.78 is 13.0. The molecule has 0 saturated heterocycles. The van der Waals surface area contributed by atoms with Crippen LogP contribution in [0.3, 0.4) is 0 Å². The van der Waals surface area contributed by atoms with Gasteiger partial charge in [0.25, 0.3) is 0 Å². The Hall–Kier alpha value is -0.890. The zero-order valence-electron chi connectivity index (χ0n) is 10.5. The van der Waals surface area contributed by atoms with Crippen LogP contribution in [0, 0.1) is 18.7 Å². The van der Waals surface area contributed by atoms with Crippen molar-refractivity contribution in [3.63, 3.8) is 0 Å². The van der Waals surface area contributed by atoms with Crippen LogP contribution in [0.1, 0.15) is 49.1 Å². The van der Waals surface area contributed by atoms with Crippen LogP contribution in [0.5, 0.6) is 0 Å². The first-order valence-corrected chi connectivity index (χ1v) is 6.57. The lowest BCUT2D eigenvalue weighted by molar-refractivity contribution is 0.222. The average molecular weight is 236 g/mol. The van der Waals surface area contributed by atoms with Crippen molar-refractivity contribution in [3.05, 3.63) is 35.1 Å². The van der Waals surface area contributed by atoms with E-state index in [1.54, 1.807) is 12.1 Å². The summed E-state index contributed by atoms with van der Waals surface area (Å²) in [6, 6.07) is 5.15. The first kappa shape index (κ1) is 12.6. The number of aliphatic hydroxyl groups excluding tert-OH is 1. The van der Waals surface area contributed by atoms with Gasteiger partial charge in [-0.15, -0.1) is 0 Å². The van der Waals surface area contributed by atoms with E-state index in [4.69, 9.17) is 5.11 Å². The first-order valence-electron chi connectivity index (χ1n) is 6.57. The maximum absolute atomic E-state index is 13.0. The van der Waals surface area contributed by atoms with Gasteiger partial charge in [-0.05, 0) is 74.1 Å². The Bertz CT molecular complexity index is 367. The molecule has 2 rings (SSSR count). The van der Waals surface area contributed by atoms with Crippen molar-refractivity contribution in [1.82, 2.24) is 0 Å². The van der Waals surface area contributed by atoms with E-state index in [9.17, 15) is 4.39 Å². The number of halogens is 1. The van der Waals surface area contributed by atoms with Crippen molar-refractivity contribution >= 4 is 0 Å². The zero-order chi connectivity index (χ0) is 12.3. The van der Waals surface area contributed by atoms with Gasteiger partial charge < -0.3 is 5.11 Å². The van der Waals surface area contributed by atoms with Gasteiger partial charge in [-0.3, -0.25) is 0 Å². The number of aryl methyl sites for hydroxylation is 1. The molecule has 0 spiro atoms. The molecule has 0 unspecified atom stereocenters. The Morgan fingerprint density at radius 1 is 1.24 bits per heavy atom. The second-order valence-electron chi connectivity index (χ2n) is 5.23. The van der Waals surface area contributed by atoms with Gasteiger partial charge in [0.1, 0.15) is 5.82 Å². The molecular formula is C15H21FO. The third-order valence-electron chi connectivity index (χ3n) is 4.06. The highest BCUT2D eigenvalue weighted by molar-refractivity contribution is 5.30. The smallest absolute Gasteiger partial charge is 0.123 e. The molecule has 1 aromatic rings. The summed E-state index contributed by atoms with van der Waals surface area (Å²) in [5, 5.41) is 8.93. The van der Waals surface area contributed by atoms with E-state index in [1.807, 2.05) is 13.0 Å². The summed E-state index contributed by atoms with van der Waals surface area (Å²) in [5.74, 6) is 1.14. The van der Waals surface area contributed by atoms with E-state index in [2.05, 4.69) is 0 Å². The van der Waals surface area contributed by atoms with Crippen LogP contribution < -0.4 is 0 Å². The van der Waals surface area contributed by atoms with Gasteiger partial charge in [0.2, 0.25) is 0 Å². The molecule has 0 amide bonds. The molecule has 1 fully saturated rings. The number of aliphatic hydroxyl groups is 1. The van der Waals surface area contributed by atoms with Gasteiger partial charge in [-0.1, -0.05) is 6.07 Å². The summed E-state index contributed by atoms with van der Waals surface area (Å²) in [5.41, 5.74) is 2.39. The third-order valence-corrected chi connectivity index (χ3v) is 4.06. The Labute approximate surface area is 103 Å². The number of rotatable bonds is 3. The molecule has 2 heteroatoms. The maximum Gasteiger partial charge on any atom is 0.123 e. The van der Waals surface area contributed by atoms with Crippen molar-refractivity contribution in [3.8, 4) is 0 Å². The van der Waals surface area contributed by atoms with Crippen LogP contribution in [0.2, 0.25) is 0 Å². The van der Waals surface area contributed by atoms with Crippen LogP contribution in [-0.2, 0) is 0 Å². The van der Waals surface area contributed by atoms with Gasteiger partial charge in [0.05, 0.1) is 0 Å². The fourth-order valence-corrected chi connectivity index (χ4v) is 3.04. The molecule has 1 aliphatic rings. The molecule has 0 heterocycles. The lowest BCUT2D eigenvalue weighted by Crippen LogP contribution is -2.15. The monoisotopic (exact) mass is 236 g/mol. The topological polar surface area (TPSA) is 20.2 Å². The largest absolute Gasteiger partial charge is 0.396 e. The van der Waals surface area contributed by atoms with Crippen molar-refractivity contribution in [2.45, 2.75) is 44.9 Å². The zero-order valence-corrected chi connectivity index (χ0v) is 10.5. The van der Waals surface area contributed by atoms with Gasteiger partial charge in [-0.25, -0.2) is 4.39 Å². The van der Waals surface area contributed by atoms with E-state index in [-0.39, 0.29) is 5.82 Å². The van der Waals surface area contributed by atoms with Crippen molar-refractivity contribution in [1.29, 1.82) is 0 Å². The summed E-state index contributed by atoms with van der Waals surface area (Å²) >= 11 is 0. The van der Waals surface area contributed by atoms with Gasteiger partial charge in [0.15, 0.2) is 0 Å². The van der Waals surface area contributed by atoms with E-state index < -0.39 is 0 Å². The standard InChI is InChI=1S/C15H21FO/c1-11-10-14(16)6-7-15(11)13-4-2-12(3-5-13)8-9-17/h6-7,10,12-13,17H,2-5,8-9H2,1H3/t12-,13+. The molecule has 1 aliphatic carbocycles. The normalized spacial score (nSPS) is 24.9. The van der Waals surface area contributed by atoms with Crippen LogP contribution in [0.25, 0.3) is 0 Å². The minimum absolute atomic E-state index is 0.139. The molecular weight excluding hydrogens is 215 g/mol. The number of hydrogen-bond acceptors (Lipinski definition) is 1. The predicted molar refractivity (Wildman–Crippen MR) is 67.5 cm³/mol. The SMILES string of the molecule is Cc1cc(F)ccc1[C@H]1CC[C@@H](CCO)CC1.